The number of fused-ring (bicyclic) bond motifs is 2. The fourth-order valence-electron chi connectivity index (χ4n) is 10.9. The number of phenols is 1. The molecule has 4 aliphatic heterocycles. The van der Waals surface area contributed by atoms with Crippen molar-refractivity contribution in [3.05, 3.63) is 59.6 Å². The number of morpholine rings is 1. The molecule has 3 aromatic rings. The standard InChI is InChI=1S/C47H60F2N6O6/c1-6-37-39(49)16-11-30-20-36(56)22-38(42(30)37)31-21-40-43(60-27-31)44(53-17-9-8-10-33(25-53)50-41(57)7-2)52-45(51-40)61-28-47(46(4,5)58)23-32(48)24-55(47)35-14-12-34(13-15-35)54-18-19-59-26-29(54)3/h1,7,11,16,20,22,29,31-35,56,58H,2,8-10,12-15,17-19,21,23-28H2,3-5H3,(H,50,57)/t29-,31-,32+,33?,34?,35?,47-/m0/s1. The molecule has 5 heterocycles. The van der Waals surface area contributed by atoms with E-state index in [4.69, 9.17) is 30.6 Å². The first-order valence-electron chi connectivity index (χ1n) is 22.0. The molecule has 4 fully saturated rings. The Hall–Kier alpha value is -4.55. The van der Waals surface area contributed by atoms with Crippen LogP contribution in [0.1, 0.15) is 94.9 Å². The molecular weight excluding hydrogens is 783 g/mol. The van der Waals surface area contributed by atoms with E-state index in [-0.39, 0.29) is 67.4 Å². The maximum atomic E-state index is 15.9. The number of carbonyl (C=O) groups excluding carboxylic acids is 1. The molecule has 2 aromatic carbocycles. The number of anilines is 1. The van der Waals surface area contributed by atoms with Crippen LogP contribution in [-0.2, 0) is 16.0 Å². The summed E-state index contributed by atoms with van der Waals surface area (Å²) in [5.74, 6) is 2.34. The van der Waals surface area contributed by atoms with Gasteiger partial charge in [0.1, 0.15) is 24.3 Å². The van der Waals surface area contributed by atoms with Crippen LogP contribution in [0.3, 0.4) is 0 Å². The fraction of sp³-hybridized carbons (Fsp3) is 0.596. The number of halogens is 2. The Kier molecular flexibility index (Phi) is 12.5. The van der Waals surface area contributed by atoms with Gasteiger partial charge in [0, 0.05) is 74.5 Å². The van der Waals surface area contributed by atoms with Crippen molar-refractivity contribution in [2.75, 3.05) is 57.5 Å². The van der Waals surface area contributed by atoms with Crippen molar-refractivity contribution in [1.82, 2.24) is 25.1 Å². The lowest BCUT2D eigenvalue weighted by molar-refractivity contribution is -0.117. The van der Waals surface area contributed by atoms with Gasteiger partial charge in [0.2, 0.25) is 5.91 Å². The normalized spacial score (nSPS) is 29.0. The highest BCUT2D eigenvalue weighted by Crippen LogP contribution is 2.46. The van der Waals surface area contributed by atoms with Crippen molar-refractivity contribution < 1.29 is 38.0 Å². The highest BCUT2D eigenvalue weighted by molar-refractivity contribution is 5.93. The molecule has 14 heteroatoms. The molecule has 5 atom stereocenters. The third-order valence-corrected chi connectivity index (χ3v) is 14.0. The van der Waals surface area contributed by atoms with Crippen LogP contribution < -0.4 is 19.7 Å². The van der Waals surface area contributed by atoms with E-state index in [2.05, 4.69) is 39.4 Å². The van der Waals surface area contributed by atoms with Gasteiger partial charge in [-0.1, -0.05) is 18.6 Å². The minimum absolute atomic E-state index is 0.0146. The van der Waals surface area contributed by atoms with E-state index < -0.39 is 23.1 Å². The van der Waals surface area contributed by atoms with Gasteiger partial charge in [-0.3, -0.25) is 14.6 Å². The molecule has 3 saturated heterocycles. The van der Waals surface area contributed by atoms with Crippen molar-refractivity contribution in [3.8, 4) is 29.9 Å². The number of aromatic hydroxyl groups is 1. The van der Waals surface area contributed by atoms with Gasteiger partial charge < -0.3 is 34.6 Å². The molecule has 0 radical (unpaired) electrons. The van der Waals surface area contributed by atoms with E-state index in [0.717, 1.165) is 64.7 Å². The Labute approximate surface area is 357 Å². The van der Waals surface area contributed by atoms with Crippen LogP contribution in [-0.4, -0.2) is 130 Å². The number of nitrogens with zero attached hydrogens (tertiary/aromatic N) is 5. The van der Waals surface area contributed by atoms with E-state index in [1.54, 1.807) is 32.0 Å². The number of phenolic OH excluding ortho intramolecular Hbond substituents is 1. The smallest absolute Gasteiger partial charge is 0.318 e. The van der Waals surface area contributed by atoms with E-state index in [9.17, 15) is 15.0 Å². The predicted molar refractivity (Wildman–Crippen MR) is 229 cm³/mol. The van der Waals surface area contributed by atoms with Crippen LogP contribution in [0, 0.1) is 18.2 Å². The van der Waals surface area contributed by atoms with Crippen molar-refractivity contribution in [3.63, 3.8) is 0 Å². The lowest BCUT2D eigenvalue weighted by Gasteiger charge is -2.51. The van der Waals surface area contributed by atoms with Gasteiger partial charge in [-0.15, -0.1) is 6.42 Å². The third-order valence-electron chi connectivity index (χ3n) is 14.0. The third kappa shape index (κ3) is 8.63. The van der Waals surface area contributed by atoms with Crippen LogP contribution in [0.2, 0.25) is 0 Å². The molecule has 3 N–H and O–H groups in total. The number of hydrogen-bond donors (Lipinski definition) is 3. The lowest BCUT2D eigenvalue weighted by Crippen LogP contribution is -2.65. The van der Waals surface area contributed by atoms with Crippen LogP contribution in [0.5, 0.6) is 17.5 Å². The van der Waals surface area contributed by atoms with Gasteiger partial charge in [-0.25, -0.2) is 8.78 Å². The molecule has 1 aromatic heterocycles. The van der Waals surface area contributed by atoms with Crippen LogP contribution >= 0.6 is 0 Å². The number of rotatable bonds is 10. The number of nitrogens with one attached hydrogen (secondary N) is 1. The number of aromatic nitrogens is 2. The molecular formula is C47H60F2N6O6. The molecule has 328 valence electrons. The van der Waals surface area contributed by atoms with E-state index in [1.165, 1.54) is 12.1 Å². The number of alkyl halides is 1. The van der Waals surface area contributed by atoms with Gasteiger partial charge in [-0.2, -0.15) is 9.97 Å². The molecule has 5 aliphatic rings. The molecule has 0 bridgehead atoms. The number of hydrogen-bond acceptors (Lipinski definition) is 11. The summed E-state index contributed by atoms with van der Waals surface area (Å²) in [6.07, 6.45) is 12.6. The second-order valence-corrected chi connectivity index (χ2v) is 18.3. The number of likely N-dealkylation sites (tertiary alicyclic amines) is 1. The number of benzene rings is 2. The fourth-order valence-corrected chi connectivity index (χ4v) is 10.9. The Morgan fingerprint density at radius 2 is 1.92 bits per heavy atom. The Morgan fingerprint density at radius 3 is 2.66 bits per heavy atom. The van der Waals surface area contributed by atoms with E-state index in [0.29, 0.717) is 65.2 Å². The summed E-state index contributed by atoms with van der Waals surface area (Å²) in [6.45, 7) is 13.1. The number of terminal acetylenes is 1. The van der Waals surface area contributed by atoms with E-state index in [1.807, 2.05) is 0 Å². The van der Waals surface area contributed by atoms with Crippen molar-refractivity contribution >= 4 is 22.5 Å². The predicted octanol–water partition coefficient (Wildman–Crippen LogP) is 5.80. The average molecular weight is 843 g/mol. The van der Waals surface area contributed by atoms with Crippen molar-refractivity contribution in [1.29, 1.82) is 0 Å². The van der Waals surface area contributed by atoms with Gasteiger partial charge in [0.05, 0.1) is 42.2 Å². The van der Waals surface area contributed by atoms with Gasteiger partial charge in [0.15, 0.2) is 11.6 Å². The monoisotopic (exact) mass is 842 g/mol. The molecule has 1 saturated carbocycles. The summed E-state index contributed by atoms with van der Waals surface area (Å²) < 4.78 is 49.9. The Bertz CT molecular complexity index is 2150. The zero-order valence-corrected chi connectivity index (χ0v) is 35.7. The lowest BCUT2D eigenvalue weighted by atomic mass is 9.78. The molecule has 61 heavy (non-hydrogen) atoms. The number of amides is 1. The van der Waals surface area contributed by atoms with Gasteiger partial charge in [-0.05, 0) is 101 Å². The first-order chi connectivity index (χ1) is 29.3. The van der Waals surface area contributed by atoms with Crippen molar-refractivity contribution in [2.24, 2.45) is 0 Å². The minimum Gasteiger partial charge on any atom is -0.508 e. The largest absolute Gasteiger partial charge is 0.508 e. The zero-order valence-electron chi connectivity index (χ0n) is 35.7. The van der Waals surface area contributed by atoms with E-state index >= 15 is 8.78 Å². The highest BCUT2D eigenvalue weighted by Gasteiger charge is 2.58. The molecule has 1 aliphatic carbocycles. The number of aliphatic hydroxyl groups is 1. The first kappa shape index (κ1) is 43.1. The molecule has 8 rings (SSSR count). The van der Waals surface area contributed by atoms with Crippen LogP contribution in [0.25, 0.3) is 10.8 Å². The van der Waals surface area contributed by atoms with Crippen molar-refractivity contribution in [2.45, 2.75) is 126 Å². The summed E-state index contributed by atoms with van der Waals surface area (Å²) in [5.41, 5.74) is -1.14. The minimum atomic E-state index is -1.35. The number of carbonyl (C=O) groups is 1. The number of ether oxygens (including phenoxy) is 3. The van der Waals surface area contributed by atoms with Gasteiger partial charge in [0.25, 0.3) is 0 Å². The summed E-state index contributed by atoms with van der Waals surface area (Å²) in [7, 11) is 0. The quantitative estimate of drug-likeness (QED) is 0.169. The van der Waals surface area contributed by atoms with Gasteiger partial charge >= 0.3 is 6.01 Å². The SMILES string of the molecule is C#Cc1c(F)ccc2cc(O)cc([C@@H]3COc4c(nc(OC[C@]5(C(C)(C)O)C[C@@H](F)CN5C5CCC(N6CCOC[C@@H]6C)CC5)nc4N4CCCCC(NC(=O)C=C)C4)C3)c12. The zero-order chi connectivity index (χ0) is 43.1. The summed E-state index contributed by atoms with van der Waals surface area (Å²) in [4.78, 5) is 29.2. The maximum absolute atomic E-state index is 15.9. The summed E-state index contributed by atoms with van der Waals surface area (Å²) >= 11 is 0. The Balaban J connectivity index is 1.13. The average Bonchev–Trinajstić information content (AvgIpc) is 3.43. The highest BCUT2D eigenvalue weighted by atomic mass is 19.1. The van der Waals surface area contributed by atoms with Crippen LogP contribution in [0.15, 0.2) is 36.9 Å². The summed E-state index contributed by atoms with van der Waals surface area (Å²) in [5, 5.41) is 27.0. The Morgan fingerprint density at radius 1 is 1.13 bits per heavy atom. The molecule has 1 unspecified atom stereocenters. The molecule has 0 spiro atoms. The molecule has 12 nitrogen and oxygen atoms in total. The maximum Gasteiger partial charge on any atom is 0.318 e. The molecule has 1 amide bonds. The second kappa shape index (κ2) is 17.7. The first-order valence-corrected chi connectivity index (χ1v) is 22.0. The second-order valence-electron chi connectivity index (χ2n) is 18.3. The van der Waals surface area contributed by atoms with Crippen LogP contribution in [0.4, 0.5) is 14.6 Å². The topological polar surface area (TPSA) is 133 Å². The summed E-state index contributed by atoms with van der Waals surface area (Å²) in [6, 6.07) is 6.81.